The quantitative estimate of drug-likeness (QED) is 0.0394. The number of rotatable bonds is 17. The van der Waals surface area contributed by atoms with Crippen LogP contribution in [0.5, 0.6) is 0 Å². The van der Waals surface area contributed by atoms with Gasteiger partial charge in [0.05, 0.1) is 9.81 Å². The van der Waals surface area contributed by atoms with Crippen LogP contribution in [0.15, 0.2) is 113 Å². The molecule has 2 aliphatic rings. The molecule has 0 unspecified atom stereocenters. The van der Waals surface area contributed by atoms with Crippen LogP contribution in [0.2, 0.25) is 0 Å². The van der Waals surface area contributed by atoms with Crippen molar-refractivity contribution in [3.63, 3.8) is 0 Å². The molecular formula is C52H47N3O6S4. The van der Waals surface area contributed by atoms with E-state index in [1.54, 1.807) is 12.2 Å². The SMILES string of the molecule is CCCCCc1cc2cc3ccc(N(c4ccc(C=C5SC(=S)N(CC(=O)O)C5=O)cc4)c4ccc5cc(C=C6SC(=S)N(CC(=O)O)C6=O)ccc5c4)cc3cc2cc1CCCCC. The van der Waals surface area contributed by atoms with E-state index in [9.17, 15) is 29.4 Å². The van der Waals surface area contributed by atoms with Crippen LogP contribution in [-0.4, -0.2) is 65.5 Å². The van der Waals surface area contributed by atoms with Gasteiger partial charge in [0.15, 0.2) is 0 Å². The van der Waals surface area contributed by atoms with E-state index >= 15 is 0 Å². The van der Waals surface area contributed by atoms with Gasteiger partial charge >= 0.3 is 11.9 Å². The zero-order chi connectivity index (χ0) is 45.8. The highest BCUT2D eigenvalue weighted by Crippen LogP contribution is 2.40. The average Bonchev–Trinajstić information content (AvgIpc) is 3.69. The Morgan fingerprint density at radius 3 is 1.48 bits per heavy atom. The van der Waals surface area contributed by atoms with Gasteiger partial charge in [0.25, 0.3) is 11.8 Å². The lowest BCUT2D eigenvalue weighted by Gasteiger charge is -2.26. The molecule has 0 aliphatic carbocycles. The van der Waals surface area contributed by atoms with Crippen molar-refractivity contribution in [2.75, 3.05) is 18.0 Å². The predicted octanol–water partition coefficient (Wildman–Crippen LogP) is 12.7. The largest absolute Gasteiger partial charge is 0.480 e. The Morgan fingerprint density at radius 2 is 0.954 bits per heavy atom. The number of carboxylic acid groups (broad SMARTS) is 2. The van der Waals surface area contributed by atoms with Crippen molar-refractivity contribution in [2.24, 2.45) is 0 Å². The van der Waals surface area contributed by atoms with Gasteiger partial charge in [0, 0.05) is 17.1 Å². The number of aryl methyl sites for hydroxylation is 2. The zero-order valence-electron chi connectivity index (χ0n) is 36.0. The number of fused-ring (bicyclic) bond motifs is 3. The molecule has 2 fully saturated rings. The average molecular weight is 938 g/mol. The maximum absolute atomic E-state index is 13.1. The number of nitrogens with zero attached hydrogens (tertiary/aromatic N) is 3. The summed E-state index contributed by atoms with van der Waals surface area (Å²) in [4.78, 5) is 53.9. The number of amides is 2. The predicted molar refractivity (Wildman–Crippen MR) is 275 cm³/mol. The Morgan fingerprint density at radius 1 is 0.538 bits per heavy atom. The second-order valence-electron chi connectivity index (χ2n) is 16.3. The summed E-state index contributed by atoms with van der Waals surface area (Å²) in [5.41, 5.74) is 7.24. The van der Waals surface area contributed by atoms with E-state index in [1.165, 1.54) is 60.4 Å². The van der Waals surface area contributed by atoms with E-state index in [0.717, 1.165) is 95.9 Å². The molecule has 9 nitrogen and oxygen atoms in total. The molecule has 6 aromatic carbocycles. The zero-order valence-corrected chi connectivity index (χ0v) is 39.3. The second kappa shape index (κ2) is 20.1. The van der Waals surface area contributed by atoms with Crippen molar-refractivity contribution in [3.8, 4) is 0 Å². The van der Waals surface area contributed by atoms with Crippen LogP contribution in [-0.2, 0) is 32.0 Å². The number of unbranched alkanes of at least 4 members (excludes halogenated alkanes) is 4. The van der Waals surface area contributed by atoms with E-state index in [2.05, 4.69) is 73.3 Å². The first-order valence-electron chi connectivity index (χ1n) is 21.8. The number of carbonyl (C=O) groups is 4. The molecule has 2 aliphatic heterocycles. The number of hydrogen-bond donors (Lipinski definition) is 2. The number of carboxylic acids is 2. The molecule has 2 heterocycles. The monoisotopic (exact) mass is 937 g/mol. The van der Waals surface area contributed by atoms with Crippen molar-refractivity contribution < 1.29 is 29.4 Å². The highest BCUT2D eigenvalue weighted by atomic mass is 32.2. The Labute approximate surface area is 397 Å². The number of anilines is 3. The molecule has 0 spiro atoms. The normalized spacial score (nSPS) is 15.5. The van der Waals surface area contributed by atoms with E-state index in [4.69, 9.17) is 24.4 Å². The fourth-order valence-corrected chi connectivity index (χ4v) is 10.9. The van der Waals surface area contributed by atoms with Gasteiger partial charge in [-0.1, -0.05) is 136 Å². The van der Waals surface area contributed by atoms with Gasteiger partial charge in [-0.15, -0.1) is 0 Å². The Bertz CT molecular complexity index is 2980. The summed E-state index contributed by atoms with van der Waals surface area (Å²) >= 11 is 12.8. The molecule has 65 heavy (non-hydrogen) atoms. The number of hydrogen-bond acceptors (Lipinski definition) is 9. The van der Waals surface area contributed by atoms with Crippen LogP contribution in [0.25, 0.3) is 44.5 Å². The summed E-state index contributed by atoms with van der Waals surface area (Å²) in [6.45, 7) is 3.54. The second-order valence-corrected chi connectivity index (χ2v) is 19.7. The number of thiocarbonyl (C=S) groups is 2. The van der Waals surface area contributed by atoms with Crippen molar-refractivity contribution in [3.05, 3.63) is 135 Å². The topological polar surface area (TPSA) is 118 Å². The molecule has 2 amide bonds. The van der Waals surface area contributed by atoms with Crippen LogP contribution >= 0.6 is 48.0 Å². The van der Waals surface area contributed by atoms with Crippen molar-refractivity contribution in [1.82, 2.24) is 9.80 Å². The third-order valence-corrected chi connectivity index (χ3v) is 14.4. The summed E-state index contributed by atoms with van der Waals surface area (Å²) < 4.78 is 0.436. The fraction of sp³-hybridized carbons (Fsp3) is 0.231. The van der Waals surface area contributed by atoms with E-state index in [1.807, 2.05) is 48.5 Å². The number of benzene rings is 6. The fourth-order valence-electron chi connectivity index (χ4n) is 8.36. The molecule has 330 valence electrons. The Kier molecular flexibility index (Phi) is 14.1. The molecule has 2 N–H and O–H groups in total. The summed E-state index contributed by atoms with van der Waals surface area (Å²) in [5, 5.41) is 25.2. The lowest BCUT2D eigenvalue weighted by Crippen LogP contribution is -2.33. The molecule has 2 saturated heterocycles. The molecule has 6 aromatic rings. The minimum absolute atomic E-state index is 0.216. The Hall–Kier alpha value is -5.86. The molecule has 0 radical (unpaired) electrons. The van der Waals surface area contributed by atoms with Gasteiger partial charge < -0.3 is 15.1 Å². The first kappa shape index (κ1) is 45.7. The standard InChI is InChI=1S/C52H47N3O6S4/c1-3-5-7-9-34-24-39-26-37-16-20-44(29-41(37)27-40(39)25-35(34)10-8-6-4-2)55(42-17-12-32(13-18-42)22-45-49(60)53(30-47(56)57)51(62)64-45)43-19-15-36-21-33(11-14-38(36)28-43)23-46-50(61)54(31-48(58)59)52(63)65-46/h11-29H,3-10,30-31H2,1-2H3,(H,56,57)(H,58,59). The van der Waals surface area contributed by atoms with Crippen LogP contribution in [0.3, 0.4) is 0 Å². The summed E-state index contributed by atoms with van der Waals surface area (Å²) in [6.07, 6.45) is 12.9. The molecule has 0 saturated carbocycles. The van der Waals surface area contributed by atoms with Crippen molar-refractivity contribution in [2.45, 2.75) is 65.2 Å². The van der Waals surface area contributed by atoms with Gasteiger partial charge in [-0.3, -0.25) is 29.0 Å². The van der Waals surface area contributed by atoms with E-state index in [0.29, 0.717) is 9.81 Å². The minimum atomic E-state index is -1.13. The summed E-state index contributed by atoms with van der Waals surface area (Å²) in [6, 6.07) is 36.1. The highest BCUT2D eigenvalue weighted by molar-refractivity contribution is 8.27. The van der Waals surface area contributed by atoms with Gasteiger partial charge in [-0.2, -0.15) is 0 Å². The highest BCUT2D eigenvalue weighted by Gasteiger charge is 2.34. The third kappa shape index (κ3) is 10.3. The number of carbonyl (C=O) groups excluding carboxylic acids is 2. The Balaban J connectivity index is 1.17. The molecular weight excluding hydrogens is 891 g/mol. The van der Waals surface area contributed by atoms with Gasteiger partial charge in [0.1, 0.15) is 21.7 Å². The maximum Gasteiger partial charge on any atom is 0.323 e. The van der Waals surface area contributed by atoms with Crippen LogP contribution < -0.4 is 4.90 Å². The van der Waals surface area contributed by atoms with Crippen LogP contribution in [0, 0.1) is 0 Å². The minimum Gasteiger partial charge on any atom is -0.480 e. The molecule has 0 bridgehead atoms. The molecule has 0 aromatic heterocycles. The first-order valence-corrected chi connectivity index (χ1v) is 24.2. The first-order chi connectivity index (χ1) is 31.4. The van der Waals surface area contributed by atoms with Crippen molar-refractivity contribution >= 4 is 142 Å². The molecule has 13 heteroatoms. The van der Waals surface area contributed by atoms with Gasteiger partial charge in [-0.05, 0) is 147 Å². The number of thioether (sulfide) groups is 2. The molecule has 8 rings (SSSR count). The summed E-state index contributed by atoms with van der Waals surface area (Å²) in [7, 11) is 0. The van der Waals surface area contributed by atoms with Gasteiger partial charge in [-0.25, -0.2) is 0 Å². The lowest BCUT2D eigenvalue weighted by molar-refractivity contribution is -0.140. The van der Waals surface area contributed by atoms with Crippen LogP contribution in [0.1, 0.15) is 74.6 Å². The van der Waals surface area contributed by atoms with Crippen molar-refractivity contribution in [1.29, 1.82) is 0 Å². The summed E-state index contributed by atoms with van der Waals surface area (Å²) in [5.74, 6) is -3.10. The van der Waals surface area contributed by atoms with E-state index < -0.39 is 36.8 Å². The van der Waals surface area contributed by atoms with Crippen LogP contribution in [0.4, 0.5) is 17.1 Å². The van der Waals surface area contributed by atoms with E-state index in [-0.39, 0.29) is 8.64 Å². The maximum atomic E-state index is 13.1. The smallest absolute Gasteiger partial charge is 0.323 e. The van der Waals surface area contributed by atoms with Gasteiger partial charge in [0.2, 0.25) is 0 Å². The third-order valence-electron chi connectivity index (χ3n) is 11.6. The molecule has 0 atom stereocenters. The lowest BCUT2D eigenvalue weighted by atomic mass is 9.92. The number of aliphatic carboxylic acids is 2.